The molecule has 1 aromatic rings. The Kier molecular flexibility index (Phi) is 4.56. The minimum atomic E-state index is -1.25. The molecular formula is C6H5F3NNa. The van der Waals surface area contributed by atoms with Crippen LogP contribution >= 0.6 is 0 Å². The molecule has 0 fully saturated rings. The van der Waals surface area contributed by atoms with Crippen molar-refractivity contribution in [2.24, 2.45) is 0 Å². The van der Waals surface area contributed by atoms with Gasteiger partial charge in [0.1, 0.15) is 5.69 Å². The molecule has 11 heavy (non-hydrogen) atoms. The Bertz CT molecular complexity index is 229. The van der Waals surface area contributed by atoms with Crippen LogP contribution in [0.1, 0.15) is 0 Å². The molecule has 0 N–H and O–H groups in total. The minimum absolute atomic E-state index is 0. The van der Waals surface area contributed by atoms with Gasteiger partial charge in [0, 0.05) is 0 Å². The molecule has 0 aliphatic carbocycles. The van der Waals surface area contributed by atoms with Crippen molar-refractivity contribution >= 4 is 35.2 Å². The Balaban J connectivity index is 0.000001000. The number of rotatable bonds is 1. The van der Waals surface area contributed by atoms with Crippen LogP contribution in [0.5, 0.6) is 0 Å². The summed E-state index contributed by atoms with van der Waals surface area (Å²) in [5.74, 6) is -0.924. The molecule has 0 atom stereocenters. The zero-order chi connectivity index (χ0) is 7.56. The third kappa shape index (κ3) is 2.73. The van der Waals surface area contributed by atoms with Gasteiger partial charge in [0.05, 0.1) is 0 Å². The predicted octanol–water partition coefficient (Wildman–Crippen LogP) is 1.75. The van der Waals surface area contributed by atoms with E-state index in [9.17, 15) is 13.4 Å². The second-order valence-corrected chi connectivity index (χ2v) is 1.68. The molecule has 0 saturated carbocycles. The average molecular weight is 171 g/mol. The molecule has 0 heterocycles. The molecule has 0 saturated heterocycles. The van der Waals surface area contributed by atoms with E-state index in [4.69, 9.17) is 0 Å². The number of para-hydroxylation sites is 1. The van der Waals surface area contributed by atoms with Gasteiger partial charge in [-0.15, -0.1) is 0 Å². The fourth-order valence-corrected chi connectivity index (χ4v) is 0.589. The van der Waals surface area contributed by atoms with Crippen LogP contribution < -0.4 is 5.34 Å². The Morgan fingerprint density at radius 1 is 1.09 bits per heavy atom. The van der Waals surface area contributed by atoms with E-state index >= 15 is 0 Å². The summed E-state index contributed by atoms with van der Waals surface area (Å²) in [7, 11) is 0. The van der Waals surface area contributed by atoms with Crippen molar-refractivity contribution in [2.45, 2.75) is 0 Å². The molecule has 0 aromatic heterocycles. The molecule has 0 unspecified atom stereocenters. The van der Waals surface area contributed by atoms with Crippen LogP contribution in [-0.2, 0) is 0 Å². The summed E-state index contributed by atoms with van der Waals surface area (Å²) in [5.41, 5.74) is -0.706. The summed E-state index contributed by atoms with van der Waals surface area (Å²) >= 11 is 0. The summed E-state index contributed by atoms with van der Waals surface area (Å²) < 4.78 is 35.6. The normalized spacial score (nSPS) is 8.64. The molecule has 56 valence electrons. The fourth-order valence-electron chi connectivity index (χ4n) is 0.589. The van der Waals surface area contributed by atoms with E-state index in [0.717, 1.165) is 12.1 Å². The second-order valence-electron chi connectivity index (χ2n) is 1.68. The van der Waals surface area contributed by atoms with Crippen molar-refractivity contribution in [2.75, 3.05) is 5.34 Å². The van der Waals surface area contributed by atoms with Crippen LogP contribution in [0.2, 0.25) is 0 Å². The van der Waals surface area contributed by atoms with E-state index in [1.807, 2.05) is 0 Å². The first-order valence-corrected chi connectivity index (χ1v) is 2.58. The molecule has 0 spiro atoms. The van der Waals surface area contributed by atoms with Crippen molar-refractivity contribution < 1.29 is 13.4 Å². The molecule has 1 aromatic carbocycles. The van der Waals surface area contributed by atoms with E-state index in [1.165, 1.54) is 12.1 Å². The van der Waals surface area contributed by atoms with Crippen molar-refractivity contribution in [3.05, 3.63) is 30.1 Å². The van der Waals surface area contributed by atoms with Crippen LogP contribution in [0.15, 0.2) is 24.3 Å². The molecule has 0 bridgehead atoms. The van der Waals surface area contributed by atoms with E-state index in [1.54, 1.807) is 0 Å². The van der Waals surface area contributed by atoms with Crippen molar-refractivity contribution in [3.63, 3.8) is 0 Å². The average Bonchev–Trinajstić information content (AvgIpc) is 1.88. The Labute approximate surface area is 84.0 Å². The monoisotopic (exact) mass is 171 g/mol. The molecule has 0 aliphatic rings. The van der Waals surface area contributed by atoms with Crippen molar-refractivity contribution in [1.29, 1.82) is 0 Å². The van der Waals surface area contributed by atoms with Crippen LogP contribution in [0.25, 0.3) is 0 Å². The standard InChI is InChI=1S/C6H4F3N.Na.H/c7-5-3-1-2-4-6(5)10(8)9;;/h1-4H;;. The number of hydrogen-bond acceptors (Lipinski definition) is 1. The zero-order valence-electron chi connectivity index (χ0n) is 4.89. The van der Waals surface area contributed by atoms with Crippen molar-refractivity contribution in [1.82, 2.24) is 0 Å². The molecule has 0 amide bonds. The van der Waals surface area contributed by atoms with Crippen LogP contribution in [0.3, 0.4) is 0 Å². The topological polar surface area (TPSA) is 3.24 Å². The SMILES string of the molecule is Fc1ccccc1N(F)F.[NaH]. The number of nitrogens with zero attached hydrogens (tertiary/aromatic N) is 1. The molecule has 1 rings (SSSR count). The predicted molar refractivity (Wildman–Crippen MR) is 38.2 cm³/mol. The first-order chi connectivity index (χ1) is 4.72. The number of hydrogen-bond donors (Lipinski definition) is 0. The maximum absolute atomic E-state index is 12.3. The molecular weight excluding hydrogens is 166 g/mol. The Hall–Kier alpha value is -0.190. The second kappa shape index (κ2) is 4.64. The van der Waals surface area contributed by atoms with E-state index in [0.29, 0.717) is 0 Å². The van der Waals surface area contributed by atoms with Gasteiger partial charge in [-0.05, 0) is 17.5 Å². The van der Waals surface area contributed by atoms with Gasteiger partial charge in [-0.25, -0.2) is 4.39 Å². The summed E-state index contributed by atoms with van der Waals surface area (Å²) in [6, 6.07) is 4.66. The van der Waals surface area contributed by atoms with Crippen LogP contribution in [0.4, 0.5) is 19.0 Å². The van der Waals surface area contributed by atoms with Gasteiger partial charge in [0.15, 0.2) is 5.82 Å². The summed E-state index contributed by atoms with van der Waals surface area (Å²) in [6.07, 6.45) is 0. The number of anilines is 1. The first-order valence-electron chi connectivity index (χ1n) is 2.58. The van der Waals surface area contributed by atoms with Gasteiger partial charge < -0.3 is 0 Å². The van der Waals surface area contributed by atoms with Gasteiger partial charge in [-0.2, -0.15) is 0 Å². The molecule has 1 nitrogen and oxygen atoms in total. The third-order valence-corrected chi connectivity index (χ3v) is 1.03. The van der Waals surface area contributed by atoms with Crippen LogP contribution in [0, 0.1) is 5.82 Å². The van der Waals surface area contributed by atoms with E-state index in [-0.39, 0.29) is 29.6 Å². The molecule has 5 heteroatoms. The van der Waals surface area contributed by atoms with Gasteiger partial charge >= 0.3 is 29.6 Å². The zero-order valence-corrected chi connectivity index (χ0v) is 4.89. The van der Waals surface area contributed by atoms with Crippen molar-refractivity contribution in [3.8, 4) is 0 Å². The number of benzene rings is 1. The number of halogens is 3. The summed E-state index contributed by atoms with van der Waals surface area (Å²) in [6.45, 7) is 0. The quantitative estimate of drug-likeness (QED) is 0.459. The van der Waals surface area contributed by atoms with Gasteiger partial charge in [-0.3, -0.25) is 0 Å². The fraction of sp³-hybridized carbons (Fsp3) is 0. The van der Waals surface area contributed by atoms with Crippen LogP contribution in [-0.4, -0.2) is 29.6 Å². The van der Waals surface area contributed by atoms with E-state index in [2.05, 4.69) is 0 Å². The van der Waals surface area contributed by atoms with Gasteiger partial charge in [0.2, 0.25) is 0 Å². The first kappa shape index (κ1) is 10.8. The summed E-state index contributed by atoms with van der Waals surface area (Å²) in [5, 5.41) is -1.25. The Morgan fingerprint density at radius 3 is 2.00 bits per heavy atom. The molecule has 0 aliphatic heterocycles. The van der Waals surface area contributed by atoms with Gasteiger partial charge in [0.25, 0.3) is 0 Å². The van der Waals surface area contributed by atoms with E-state index < -0.39 is 16.8 Å². The summed E-state index contributed by atoms with van der Waals surface area (Å²) in [4.78, 5) is 0. The van der Waals surface area contributed by atoms with Gasteiger partial charge in [-0.1, -0.05) is 21.1 Å². The maximum atomic E-state index is 12.3. The third-order valence-electron chi connectivity index (χ3n) is 1.03. The Morgan fingerprint density at radius 2 is 1.64 bits per heavy atom. The molecule has 0 radical (unpaired) electrons.